The third kappa shape index (κ3) is 4.80. The van der Waals surface area contributed by atoms with Gasteiger partial charge in [0.05, 0.1) is 22.8 Å². The zero-order chi connectivity index (χ0) is 21.5. The lowest BCUT2D eigenvalue weighted by atomic mass is 10.1. The van der Waals surface area contributed by atoms with Gasteiger partial charge >= 0.3 is 12.0 Å². The summed E-state index contributed by atoms with van der Waals surface area (Å²) in [5.41, 5.74) is 2.23. The third-order valence-corrected chi connectivity index (χ3v) is 4.32. The van der Waals surface area contributed by atoms with Crippen molar-refractivity contribution in [1.82, 2.24) is 25.4 Å². The number of carbonyl (C=O) groups excluding carboxylic acids is 3. The number of nitrogens with one attached hydrogen (secondary N) is 2. The molecule has 3 amide bonds. The molecule has 156 valence electrons. The van der Waals surface area contributed by atoms with E-state index in [1.807, 2.05) is 44.2 Å². The van der Waals surface area contributed by atoms with Crippen molar-refractivity contribution in [2.24, 2.45) is 0 Å². The van der Waals surface area contributed by atoms with Gasteiger partial charge in [0.25, 0.3) is 5.91 Å². The minimum absolute atomic E-state index is 0.252. The van der Waals surface area contributed by atoms with Crippen LogP contribution in [0.25, 0.3) is 22.3 Å². The minimum Gasteiger partial charge on any atom is -0.452 e. The van der Waals surface area contributed by atoms with Gasteiger partial charge in [0, 0.05) is 18.7 Å². The van der Waals surface area contributed by atoms with E-state index >= 15 is 0 Å². The van der Waals surface area contributed by atoms with Crippen LogP contribution in [0.15, 0.2) is 42.6 Å². The van der Waals surface area contributed by atoms with E-state index < -0.39 is 24.5 Å². The van der Waals surface area contributed by atoms with Crippen molar-refractivity contribution in [2.75, 3.05) is 13.2 Å². The molecule has 0 aliphatic rings. The van der Waals surface area contributed by atoms with Gasteiger partial charge in [-0.1, -0.05) is 37.3 Å². The van der Waals surface area contributed by atoms with Gasteiger partial charge in [-0.2, -0.15) is 5.10 Å². The summed E-state index contributed by atoms with van der Waals surface area (Å²) >= 11 is 0. The molecule has 30 heavy (non-hydrogen) atoms. The average Bonchev–Trinajstić information content (AvgIpc) is 3.19. The maximum Gasteiger partial charge on any atom is 0.339 e. The largest absolute Gasteiger partial charge is 0.452 e. The zero-order valence-corrected chi connectivity index (χ0v) is 16.8. The number of carbonyl (C=O) groups is 3. The molecule has 0 aliphatic carbocycles. The Morgan fingerprint density at radius 2 is 1.90 bits per heavy atom. The number of fused-ring (bicyclic) bond motifs is 1. The molecule has 1 aromatic carbocycles. The van der Waals surface area contributed by atoms with Gasteiger partial charge in [0.1, 0.15) is 0 Å². The third-order valence-electron chi connectivity index (χ3n) is 4.32. The maximum atomic E-state index is 12.7. The predicted octanol–water partition coefficient (Wildman–Crippen LogP) is 2.51. The first kappa shape index (κ1) is 21.0. The lowest BCUT2D eigenvalue weighted by molar-refractivity contribution is -0.123. The number of aromatic nitrogens is 3. The van der Waals surface area contributed by atoms with Gasteiger partial charge in [-0.3, -0.25) is 10.1 Å². The molecule has 2 N–H and O–H groups in total. The molecule has 3 rings (SSSR count). The molecular weight excluding hydrogens is 386 g/mol. The fourth-order valence-corrected chi connectivity index (χ4v) is 2.86. The van der Waals surface area contributed by atoms with Crippen LogP contribution < -0.4 is 10.6 Å². The highest BCUT2D eigenvalue weighted by Gasteiger charge is 2.19. The molecule has 0 bridgehead atoms. The van der Waals surface area contributed by atoms with Crippen molar-refractivity contribution in [1.29, 1.82) is 0 Å². The molecule has 0 radical (unpaired) electrons. The number of imide groups is 1. The molecule has 2 aromatic heterocycles. The summed E-state index contributed by atoms with van der Waals surface area (Å²) in [4.78, 5) is 40.8. The number of amides is 3. The molecule has 9 heteroatoms. The Kier molecular flexibility index (Phi) is 6.74. The van der Waals surface area contributed by atoms with Gasteiger partial charge in [-0.05, 0) is 19.4 Å². The number of hydrogen-bond donors (Lipinski definition) is 2. The predicted molar refractivity (Wildman–Crippen MR) is 111 cm³/mol. The zero-order valence-electron chi connectivity index (χ0n) is 16.8. The lowest BCUT2D eigenvalue weighted by Crippen LogP contribution is -2.41. The monoisotopic (exact) mass is 409 g/mol. The van der Waals surface area contributed by atoms with Gasteiger partial charge in [-0.25, -0.2) is 19.3 Å². The van der Waals surface area contributed by atoms with Crippen molar-refractivity contribution >= 4 is 28.9 Å². The molecule has 0 aliphatic heterocycles. The number of ether oxygens (including phenoxy) is 1. The number of urea groups is 1. The Morgan fingerprint density at radius 3 is 2.60 bits per heavy atom. The van der Waals surface area contributed by atoms with E-state index in [1.165, 1.54) is 0 Å². The van der Waals surface area contributed by atoms with Gasteiger partial charge in [0.2, 0.25) is 0 Å². The Hall–Kier alpha value is -3.75. The van der Waals surface area contributed by atoms with Crippen LogP contribution >= 0.6 is 0 Å². The van der Waals surface area contributed by atoms with Gasteiger partial charge in [0.15, 0.2) is 12.3 Å². The average molecular weight is 409 g/mol. The Balaban J connectivity index is 1.82. The molecule has 9 nitrogen and oxygen atoms in total. The van der Waals surface area contributed by atoms with Crippen LogP contribution in [0.1, 0.15) is 30.6 Å². The van der Waals surface area contributed by atoms with Crippen molar-refractivity contribution in [3.05, 3.63) is 48.2 Å². The van der Waals surface area contributed by atoms with Crippen LogP contribution in [-0.4, -0.2) is 45.8 Å². The summed E-state index contributed by atoms with van der Waals surface area (Å²) in [6.07, 6.45) is 2.29. The summed E-state index contributed by atoms with van der Waals surface area (Å²) in [6, 6.07) is 10.4. The molecule has 0 atom stereocenters. The molecule has 0 fully saturated rings. The normalized spacial score (nSPS) is 10.6. The van der Waals surface area contributed by atoms with Gasteiger partial charge < -0.3 is 10.1 Å². The number of nitrogens with zero attached hydrogens (tertiary/aromatic N) is 3. The highest BCUT2D eigenvalue weighted by molar-refractivity contribution is 6.04. The second-order valence-corrected chi connectivity index (χ2v) is 6.50. The number of esters is 1. The van der Waals surface area contributed by atoms with Crippen LogP contribution in [0.2, 0.25) is 0 Å². The van der Waals surface area contributed by atoms with Crippen LogP contribution in [-0.2, 0) is 16.1 Å². The van der Waals surface area contributed by atoms with Crippen LogP contribution in [0.3, 0.4) is 0 Å². The molecule has 0 saturated carbocycles. The van der Waals surface area contributed by atoms with E-state index in [9.17, 15) is 14.4 Å². The summed E-state index contributed by atoms with van der Waals surface area (Å²) in [7, 11) is 0. The molecule has 0 spiro atoms. The highest BCUT2D eigenvalue weighted by Crippen LogP contribution is 2.25. The first-order chi connectivity index (χ1) is 14.5. The first-order valence-electron chi connectivity index (χ1n) is 9.70. The SMILES string of the molecule is CCCNC(=O)NC(=O)COC(=O)c1cc(-c2ccccc2)nc2c1cnn2CC. The first-order valence-corrected chi connectivity index (χ1v) is 9.70. The fourth-order valence-electron chi connectivity index (χ4n) is 2.86. The summed E-state index contributed by atoms with van der Waals surface area (Å²) in [5.74, 6) is -1.41. The van der Waals surface area contributed by atoms with E-state index in [-0.39, 0.29) is 5.56 Å². The number of pyridine rings is 1. The topological polar surface area (TPSA) is 115 Å². The van der Waals surface area contributed by atoms with Crippen LogP contribution in [0.4, 0.5) is 4.79 Å². The maximum absolute atomic E-state index is 12.7. The molecule has 0 saturated heterocycles. The molecule has 3 aromatic rings. The fraction of sp³-hybridized carbons (Fsp3) is 0.286. The van der Waals surface area contributed by atoms with E-state index in [0.717, 1.165) is 12.0 Å². The van der Waals surface area contributed by atoms with Crippen molar-refractivity contribution < 1.29 is 19.1 Å². The van der Waals surface area contributed by atoms with E-state index in [1.54, 1.807) is 16.9 Å². The smallest absolute Gasteiger partial charge is 0.339 e. The standard InChI is InChI=1S/C21H23N5O4/c1-3-10-22-21(29)25-18(27)13-30-20(28)15-11-17(14-8-6-5-7-9-14)24-19-16(15)12-23-26(19)4-2/h5-9,11-12H,3-4,10,13H2,1-2H3,(H2,22,25,27,29). The number of aryl methyl sites for hydroxylation is 1. The molecule has 2 heterocycles. The van der Waals surface area contributed by atoms with Crippen molar-refractivity contribution in [3.63, 3.8) is 0 Å². The quantitative estimate of drug-likeness (QED) is 0.580. The van der Waals surface area contributed by atoms with Crippen LogP contribution in [0, 0.1) is 0 Å². The van der Waals surface area contributed by atoms with Crippen LogP contribution in [0.5, 0.6) is 0 Å². The summed E-state index contributed by atoms with van der Waals surface area (Å²) in [5, 5.41) is 9.42. The Morgan fingerprint density at radius 1 is 1.13 bits per heavy atom. The van der Waals surface area contributed by atoms with E-state index in [4.69, 9.17) is 4.74 Å². The lowest BCUT2D eigenvalue weighted by Gasteiger charge is -2.09. The van der Waals surface area contributed by atoms with E-state index in [2.05, 4.69) is 20.7 Å². The minimum atomic E-state index is -0.713. The van der Waals surface area contributed by atoms with Gasteiger partial charge in [-0.15, -0.1) is 0 Å². The number of benzene rings is 1. The Bertz CT molecular complexity index is 1060. The second-order valence-electron chi connectivity index (χ2n) is 6.50. The highest BCUT2D eigenvalue weighted by atomic mass is 16.5. The van der Waals surface area contributed by atoms with Crippen molar-refractivity contribution in [3.8, 4) is 11.3 Å². The number of hydrogen-bond acceptors (Lipinski definition) is 6. The summed E-state index contributed by atoms with van der Waals surface area (Å²) < 4.78 is 6.83. The van der Waals surface area contributed by atoms with E-state index in [0.29, 0.717) is 29.8 Å². The summed E-state index contributed by atoms with van der Waals surface area (Å²) in [6.45, 7) is 4.26. The second kappa shape index (κ2) is 9.64. The number of rotatable bonds is 7. The molecule has 0 unspecified atom stereocenters. The Labute approximate surface area is 173 Å². The molecular formula is C21H23N5O4. The van der Waals surface area contributed by atoms with Crippen molar-refractivity contribution in [2.45, 2.75) is 26.8 Å².